The van der Waals surface area contributed by atoms with Gasteiger partial charge in [0.05, 0.1) is 18.1 Å². The van der Waals surface area contributed by atoms with Crippen LogP contribution in [0.4, 0.5) is 0 Å². The molecule has 1 aromatic carbocycles. The van der Waals surface area contributed by atoms with Crippen molar-refractivity contribution in [2.45, 2.75) is 0 Å². The van der Waals surface area contributed by atoms with Gasteiger partial charge in [-0.2, -0.15) is 16.4 Å². The number of aromatic amines is 1. The zero-order valence-corrected chi connectivity index (χ0v) is 11.6. The second kappa shape index (κ2) is 5.34. The van der Waals surface area contributed by atoms with Crippen molar-refractivity contribution >= 4 is 29.8 Å². The Kier molecular flexibility index (Phi) is 3.39. The molecule has 2 aromatic heterocycles. The maximum absolute atomic E-state index is 5.26. The summed E-state index contributed by atoms with van der Waals surface area (Å²) in [5.41, 5.74) is 3.14. The molecular weight excluding hydrogens is 274 g/mol. The number of hydrogen-bond acceptors (Lipinski definition) is 3. The zero-order valence-electron chi connectivity index (χ0n) is 9.98. The summed E-state index contributed by atoms with van der Waals surface area (Å²) in [5, 5.41) is 8.42. The smallest absolute Gasteiger partial charge is 0.198 e. The van der Waals surface area contributed by atoms with E-state index < -0.39 is 0 Å². The Balaban J connectivity index is 1.92. The van der Waals surface area contributed by atoms with Crippen molar-refractivity contribution < 1.29 is 0 Å². The third-order valence-electron chi connectivity index (χ3n) is 2.66. The van der Waals surface area contributed by atoms with Crippen LogP contribution in [0.3, 0.4) is 0 Å². The lowest BCUT2D eigenvalue weighted by Gasteiger charge is -1.94. The fraction of sp³-hybridized carbons (Fsp3) is 0. The lowest BCUT2D eigenvalue weighted by Crippen LogP contribution is -1.87. The number of imidazole rings is 1. The molecule has 3 nitrogen and oxygen atoms in total. The summed E-state index contributed by atoms with van der Waals surface area (Å²) in [6.45, 7) is 0. The number of H-pyrrole nitrogens is 1. The van der Waals surface area contributed by atoms with Crippen molar-refractivity contribution in [1.82, 2.24) is 9.66 Å². The van der Waals surface area contributed by atoms with Crippen LogP contribution in [-0.2, 0) is 0 Å². The molecule has 0 amide bonds. The first kappa shape index (κ1) is 12.1. The highest BCUT2D eigenvalue weighted by Gasteiger charge is 2.01. The van der Waals surface area contributed by atoms with Gasteiger partial charge in [-0.15, -0.1) is 0 Å². The fourth-order valence-electron chi connectivity index (χ4n) is 1.71. The van der Waals surface area contributed by atoms with Crippen LogP contribution in [0, 0.1) is 4.77 Å². The van der Waals surface area contributed by atoms with Crippen molar-refractivity contribution in [2.24, 2.45) is 5.10 Å². The van der Waals surface area contributed by atoms with E-state index in [1.165, 1.54) is 0 Å². The molecule has 3 aromatic rings. The molecule has 0 aliphatic rings. The molecule has 94 valence electrons. The van der Waals surface area contributed by atoms with Crippen LogP contribution in [0.15, 0.2) is 58.5 Å². The van der Waals surface area contributed by atoms with Crippen LogP contribution < -0.4 is 0 Å². The average molecular weight is 285 g/mol. The molecule has 0 spiro atoms. The van der Waals surface area contributed by atoms with Gasteiger partial charge in [-0.25, -0.2) is 4.68 Å². The molecule has 0 atom stereocenters. The molecule has 3 rings (SSSR count). The van der Waals surface area contributed by atoms with Crippen molar-refractivity contribution in [1.29, 1.82) is 0 Å². The molecule has 1 N–H and O–H groups in total. The lowest BCUT2D eigenvalue weighted by molar-refractivity contribution is 0.864. The summed E-state index contributed by atoms with van der Waals surface area (Å²) in [6, 6.07) is 12.1. The Labute approximate surface area is 119 Å². The van der Waals surface area contributed by atoms with Crippen molar-refractivity contribution in [2.75, 3.05) is 0 Å². The number of benzene rings is 1. The van der Waals surface area contributed by atoms with Crippen LogP contribution in [0.5, 0.6) is 0 Å². The minimum absolute atomic E-state index is 0.588. The number of hydrogen-bond donors (Lipinski definition) is 1. The minimum atomic E-state index is 0.588. The Morgan fingerprint density at radius 1 is 1.21 bits per heavy atom. The summed E-state index contributed by atoms with van der Waals surface area (Å²) >= 11 is 6.91. The molecule has 0 saturated carbocycles. The van der Waals surface area contributed by atoms with Gasteiger partial charge in [0.25, 0.3) is 0 Å². The predicted molar refractivity (Wildman–Crippen MR) is 82.4 cm³/mol. The van der Waals surface area contributed by atoms with Gasteiger partial charge in [0, 0.05) is 5.56 Å². The van der Waals surface area contributed by atoms with Gasteiger partial charge in [-0.3, -0.25) is 0 Å². The van der Waals surface area contributed by atoms with Crippen molar-refractivity contribution in [3.05, 3.63) is 63.7 Å². The van der Waals surface area contributed by atoms with Gasteiger partial charge in [0.15, 0.2) is 4.77 Å². The summed E-state index contributed by atoms with van der Waals surface area (Å²) in [5.74, 6) is 0. The number of rotatable bonds is 3. The molecule has 0 bridgehead atoms. The minimum Gasteiger partial charge on any atom is -0.329 e. The summed E-state index contributed by atoms with van der Waals surface area (Å²) in [4.78, 5) is 3.16. The number of nitrogens with zero attached hydrogens (tertiary/aromatic N) is 2. The number of thiophene rings is 1. The average Bonchev–Trinajstić information content (AvgIpc) is 3.07. The van der Waals surface area contributed by atoms with Crippen LogP contribution in [0.2, 0.25) is 0 Å². The standard InChI is InChI=1S/C14H11N3S2/c18-14-16-13(12-4-2-1-3-5-12)9-17(14)15-8-11-6-7-19-10-11/h1-10H,(H,16,18)/b15-8+. The second-order valence-corrected chi connectivity index (χ2v) is 5.15. The Hall–Kier alpha value is -1.98. The summed E-state index contributed by atoms with van der Waals surface area (Å²) in [7, 11) is 0. The fourth-order valence-corrected chi connectivity index (χ4v) is 2.53. The van der Waals surface area contributed by atoms with Crippen LogP contribution in [0.25, 0.3) is 11.3 Å². The van der Waals surface area contributed by atoms with Gasteiger partial charge in [0.2, 0.25) is 0 Å². The highest BCUT2D eigenvalue weighted by atomic mass is 32.1. The van der Waals surface area contributed by atoms with E-state index in [1.807, 2.05) is 53.4 Å². The summed E-state index contributed by atoms with van der Waals surface area (Å²) in [6.07, 6.45) is 3.70. The molecule has 0 aliphatic carbocycles. The van der Waals surface area contributed by atoms with E-state index in [0.717, 1.165) is 16.8 Å². The topological polar surface area (TPSA) is 33.1 Å². The molecule has 0 saturated heterocycles. The van der Waals surface area contributed by atoms with E-state index >= 15 is 0 Å². The molecule has 0 unspecified atom stereocenters. The van der Waals surface area contributed by atoms with Gasteiger partial charge in [-0.1, -0.05) is 30.3 Å². The number of aromatic nitrogens is 2. The van der Waals surface area contributed by atoms with E-state index in [-0.39, 0.29) is 0 Å². The van der Waals surface area contributed by atoms with Gasteiger partial charge < -0.3 is 4.98 Å². The highest BCUT2D eigenvalue weighted by molar-refractivity contribution is 7.71. The van der Waals surface area contributed by atoms with E-state index in [9.17, 15) is 0 Å². The van der Waals surface area contributed by atoms with Crippen LogP contribution in [-0.4, -0.2) is 15.9 Å². The lowest BCUT2D eigenvalue weighted by atomic mass is 10.2. The quantitative estimate of drug-likeness (QED) is 0.569. The molecule has 0 radical (unpaired) electrons. The first-order valence-corrected chi connectivity index (χ1v) is 7.12. The second-order valence-electron chi connectivity index (χ2n) is 3.98. The van der Waals surface area contributed by atoms with Gasteiger partial charge in [-0.05, 0) is 34.6 Å². The largest absolute Gasteiger partial charge is 0.329 e. The maximum Gasteiger partial charge on any atom is 0.198 e. The third kappa shape index (κ3) is 2.72. The first-order valence-electron chi connectivity index (χ1n) is 5.76. The van der Waals surface area contributed by atoms with Crippen LogP contribution >= 0.6 is 23.6 Å². The third-order valence-corrected chi connectivity index (χ3v) is 3.65. The Morgan fingerprint density at radius 2 is 2.05 bits per heavy atom. The van der Waals surface area contributed by atoms with Gasteiger partial charge in [0.1, 0.15) is 0 Å². The monoisotopic (exact) mass is 285 g/mol. The van der Waals surface area contributed by atoms with E-state index in [2.05, 4.69) is 10.1 Å². The molecule has 19 heavy (non-hydrogen) atoms. The van der Waals surface area contributed by atoms with Crippen molar-refractivity contribution in [3.8, 4) is 11.3 Å². The molecule has 0 aliphatic heterocycles. The molecular formula is C14H11N3S2. The molecule has 5 heteroatoms. The van der Waals surface area contributed by atoms with Crippen molar-refractivity contribution in [3.63, 3.8) is 0 Å². The highest BCUT2D eigenvalue weighted by Crippen LogP contribution is 2.16. The van der Waals surface area contributed by atoms with E-state index in [1.54, 1.807) is 22.2 Å². The maximum atomic E-state index is 5.26. The van der Waals surface area contributed by atoms with Crippen LogP contribution in [0.1, 0.15) is 5.56 Å². The Bertz CT molecular complexity index is 737. The van der Waals surface area contributed by atoms with Gasteiger partial charge >= 0.3 is 0 Å². The number of nitrogens with one attached hydrogen (secondary N) is 1. The SMILES string of the molecule is S=c1[nH]c(-c2ccccc2)cn1/N=C/c1ccsc1. The molecule has 2 heterocycles. The summed E-state index contributed by atoms with van der Waals surface area (Å²) < 4.78 is 2.26. The predicted octanol–water partition coefficient (Wildman–Crippen LogP) is 4.16. The molecule has 0 fully saturated rings. The van der Waals surface area contributed by atoms with E-state index in [4.69, 9.17) is 12.2 Å². The Morgan fingerprint density at radius 3 is 2.79 bits per heavy atom. The zero-order chi connectivity index (χ0) is 13.1. The first-order chi connectivity index (χ1) is 9.33. The van der Waals surface area contributed by atoms with E-state index in [0.29, 0.717) is 4.77 Å². The normalized spacial score (nSPS) is 11.2.